The van der Waals surface area contributed by atoms with Gasteiger partial charge in [0.05, 0.1) is 6.61 Å². The topological polar surface area (TPSA) is 33.3 Å². The number of aryl methyl sites for hydroxylation is 1. The van der Waals surface area contributed by atoms with Crippen LogP contribution in [0, 0.1) is 12.8 Å². The summed E-state index contributed by atoms with van der Waals surface area (Å²) in [7, 11) is 0. The summed E-state index contributed by atoms with van der Waals surface area (Å²) in [4.78, 5) is 0. The van der Waals surface area contributed by atoms with Crippen LogP contribution in [0.1, 0.15) is 31.7 Å². The molecular formula is C16H26N2O. The van der Waals surface area contributed by atoms with E-state index in [0.717, 1.165) is 24.8 Å². The molecule has 0 saturated carbocycles. The van der Waals surface area contributed by atoms with Gasteiger partial charge in [-0.05, 0) is 75.9 Å². The minimum absolute atomic E-state index is 0.726. The van der Waals surface area contributed by atoms with Gasteiger partial charge in [0.25, 0.3) is 0 Å². The number of piperidine rings is 1. The molecule has 0 aliphatic carbocycles. The second-order valence-corrected chi connectivity index (χ2v) is 5.32. The van der Waals surface area contributed by atoms with Gasteiger partial charge in [-0.3, -0.25) is 0 Å². The van der Waals surface area contributed by atoms with Crippen molar-refractivity contribution in [2.24, 2.45) is 5.92 Å². The van der Waals surface area contributed by atoms with E-state index in [9.17, 15) is 0 Å². The smallest absolute Gasteiger partial charge is 0.122 e. The summed E-state index contributed by atoms with van der Waals surface area (Å²) in [6.07, 6.45) is 3.92. The third-order valence-corrected chi connectivity index (χ3v) is 3.82. The Bertz CT molecular complexity index is 386. The lowest BCUT2D eigenvalue weighted by Crippen LogP contribution is -2.28. The highest BCUT2D eigenvalue weighted by molar-refractivity contribution is 5.50. The van der Waals surface area contributed by atoms with Crippen molar-refractivity contribution < 1.29 is 4.74 Å². The van der Waals surface area contributed by atoms with E-state index in [1.54, 1.807) is 0 Å². The predicted molar refractivity (Wildman–Crippen MR) is 81.0 cm³/mol. The summed E-state index contributed by atoms with van der Waals surface area (Å²) < 4.78 is 5.56. The van der Waals surface area contributed by atoms with Gasteiger partial charge in [0, 0.05) is 12.2 Å². The van der Waals surface area contributed by atoms with Gasteiger partial charge in [0.15, 0.2) is 0 Å². The van der Waals surface area contributed by atoms with Crippen molar-refractivity contribution in [1.82, 2.24) is 5.32 Å². The highest BCUT2D eigenvalue weighted by Gasteiger charge is 2.12. The van der Waals surface area contributed by atoms with Gasteiger partial charge in [-0.25, -0.2) is 0 Å². The number of ether oxygens (including phenoxy) is 1. The van der Waals surface area contributed by atoms with Crippen molar-refractivity contribution in [2.75, 3.05) is 31.6 Å². The van der Waals surface area contributed by atoms with Crippen LogP contribution >= 0.6 is 0 Å². The average Bonchev–Trinajstić information content (AvgIpc) is 2.43. The van der Waals surface area contributed by atoms with E-state index in [0.29, 0.717) is 0 Å². The number of anilines is 1. The first-order valence-electron chi connectivity index (χ1n) is 7.47. The summed E-state index contributed by atoms with van der Waals surface area (Å²) in [5, 5.41) is 6.94. The summed E-state index contributed by atoms with van der Waals surface area (Å²) in [6, 6.07) is 6.35. The summed E-state index contributed by atoms with van der Waals surface area (Å²) >= 11 is 0. The van der Waals surface area contributed by atoms with Crippen LogP contribution < -0.4 is 15.4 Å². The Morgan fingerprint density at radius 2 is 2.11 bits per heavy atom. The second kappa shape index (κ2) is 7.39. The molecule has 0 amide bonds. The highest BCUT2D eigenvalue weighted by Crippen LogP contribution is 2.22. The molecule has 0 bridgehead atoms. The molecule has 0 aromatic heterocycles. The van der Waals surface area contributed by atoms with E-state index in [4.69, 9.17) is 4.74 Å². The van der Waals surface area contributed by atoms with Crippen molar-refractivity contribution in [3.05, 3.63) is 23.8 Å². The standard InChI is InChI=1S/C16H26N2O/c1-3-19-16-5-4-15(12-13(16)2)18-11-8-14-6-9-17-10-7-14/h4-5,12,14,17-18H,3,6-11H2,1-2H3. The molecule has 1 aliphatic rings. The zero-order valence-electron chi connectivity index (χ0n) is 12.2. The first kappa shape index (κ1) is 14.2. The minimum Gasteiger partial charge on any atom is -0.494 e. The minimum atomic E-state index is 0.726. The maximum Gasteiger partial charge on any atom is 0.122 e. The van der Waals surface area contributed by atoms with E-state index in [1.165, 1.54) is 43.6 Å². The van der Waals surface area contributed by atoms with Gasteiger partial charge in [-0.15, -0.1) is 0 Å². The zero-order chi connectivity index (χ0) is 13.5. The van der Waals surface area contributed by atoms with Gasteiger partial charge in [-0.2, -0.15) is 0 Å². The molecule has 0 radical (unpaired) electrons. The summed E-state index contributed by atoms with van der Waals surface area (Å²) in [5.41, 5.74) is 2.41. The van der Waals surface area contributed by atoms with Crippen LogP contribution in [0.2, 0.25) is 0 Å². The van der Waals surface area contributed by atoms with E-state index in [2.05, 4.69) is 35.8 Å². The van der Waals surface area contributed by atoms with E-state index < -0.39 is 0 Å². The lowest BCUT2D eigenvalue weighted by molar-refractivity contribution is 0.338. The SMILES string of the molecule is CCOc1ccc(NCCC2CCNCC2)cc1C. The third-order valence-electron chi connectivity index (χ3n) is 3.82. The molecular weight excluding hydrogens is 236 g/mol. The quantitative estimate of drug-likeness (QED) is 0.826. The summed E-state index contributed by atoms with van der Waals surface area (Å²) in [6.45, 7) is 8.29. The van der Waals surface area contributed by atoms with Crippen LogP contribution in [0.15, 0.2) is 18.2 Å². The van der Waals surface area contributed by atoms with Gasteiger partial charge < -0.3 is 15.4 Å². The van der Waals surface area contributed by atoms with Crippen LogP contribution in [0.25, 0.3) is 0 Å². The molecule has 2 N–H and O–H groups in total. The van der Waals surface area contributed by atoms with Gasteiger partial charge >= 0.3 is 0 Å². The number of benzene rings is 1. The monoisotopic (exact) mass is 262 g/mol. The van der Waals surface area contributed by atoms with Gasteiger partial charge in [0.2, 0.25) is 0 Å². The van der Waals surface area contributed by atoms with Crippen molar-refractivity contribution >= 4 is 5.69 Å². The number of rotatable bonds is 6. The molecule has 19 heavy (non-hydrogen) atoms. The largest absolute Gasteiger partial charge is 0.494 e. The lowest BCUT2D eigenvalue weighted by atomic mass is 9.95. The highest BCUT2D eigenvalue weighted by atomic mass is 16.5. The molecule has 3 heteroatoms. The molecule has 1 aromatic carbocycles. The predicted octanol–water partition coefficient (Wildman–Crippen LogP) is 3.20. The second-order valence-electron chi connectivity index (χ2n) is 5.32. The maximum atomic E-state index is 5.56. The van der Waals surface area contributed by atoms with Gasteiger partial charge in [0.1, 0.15) is 5.75 Å². The van der Waals surface area contributed by atoms with Crippen molar-refractivity contribution in [2.45, 2.75) is 33.1 Å². The fourth-order valence-electron chi connectivity index (χ4n) is 2.67. The van der Waals surface area contributed by atoms with Crippen LogP contribution in [-0.2, 0) is 0 Å². The first-order chi connectivity index (χ1) is 9.29. The first-order valence-corrected chi connectivity index (χ1v) is 7.47. The Kier molecular flexibility index (Phi) is 5.52. The number of hydrogen-bond acceptors (Lipinski definition) is 3. The number of hydrogen-bond donors (Lipinski definition) is 2. The van der Waals surface area contributed by atoms with E-state index in [1.807, 2.05) is 6.92 Å². The van der Waals surface area contributed by atoms with Crippen LogP contribution in [-0.4, -0.2) is 26.2 Å². The third kappa shape index (κ3) is 4.43. The molecule has 1 heterocycles. The molecule has 0 unspecified atom stereocenters. The Morgan fingerprint density at radius 3 is 2.79 bits per heavy atom. The van der Waals surface area contributed by atoms with Crippen LogP contribution in [0.3, 0.4) is 0 Å². The molecule has 2 rings (SSSR count). The fourth-order valence-corrected chi connectivity index (χ4v) is 2.67. The Hall–Kier alpha value is -1.22. The average molecular weight is 262 g/mol. The molecule has 1 fully saturated rings. The van der Waals surface area contributed by atoms with Gasteiger partial charge in [-0.1, -0.05) is 0 Å². The molecule has 106 valence electrons. The lowest BCUT2D eigenvalue weighted by Gasteiger charge is -2.22. The molecule has 3 nitrogen and oxygen atoms in total. The number of nitrogens with one attached hydrogen (secondary N) is 2. The Balaban J connectivity index is 1.77. The molecule has 1 aliphatic heterocycles. The Labute approximate surface area is 116 Å². The normalized spacial score (nSPS) is 16.3. The van der Waals surface area contributed by atoms with Crippen LogP contribution in [0.5, 0.6) is 5.75 Å². The van der Waals surface area contributed by atoms with Crippen molar-refractivity contribution in [3.8, 4) is 5.75 Å². The van der Waals surface area contributed by atoms with E-state index in [-0.39, 0.29) is 0 Å². The maximum absolute atomic E-state index is 5.56. The van der Waals surface area contributed by atoms with Crippen LogP contribution in [0.4, 0.5) is 5.69 Å². The molecule has 1 saturated heterocycles. The Morgan fingerprint density at radius 1 is 1.32 bits per heavy atom. The van der Waals surface area contributed by atoms with E-state index >= 15 is 0 Å². The molecule has 0 spiro atoms. The molecule has 1 aromatic rings. The zero-order valence-corrected chi connectivity index (χ0v) is 12.2. The summed E-state index contributed by atoms with van der Waals surface area (Å²) in [5.74, 6) is 1.88. The van der Waals surface area contributed by atoms with Crippen molar-refractivity contribution in [1.29, 1.82) is 0 Å². The van der Waals surface area contributed by atoms with Crippen molar-refractivity contribution in [3.63, 3.8) is 0 Å². The fraction of sp³-hybridized carbons (Fsp3) is 0.625. The molecule has 0 atom stereocenters.